The summed E-state index contributed by atoms with van der Waals surface area (Å²) in [6.45, 7) is 5.78. The molecule has 1 saturated heterocycles. The van der Waals surface area contributed by atoms with Crippen LogP contribution in [0, 0.1) is 10.1 Å². The number of benzene rings is 3. The molecule has 2 heterocycles. The van der Waals surface area contributed by atoms with Crippen LogP contribution in [0.15, 0.2) is 66.7 Å². The molecule has 0 unspecified atom stereocenters. The Bertz CT molecular complexity index is 1460. The molecule has 4 aromatic rings. The van der Waals surface area contributed by atoms with Gasteiger partial charge in [0.15, 0.2) is 0 Å². The Morgan fingerprint density at radius 3 is 2.24 bits per heavy atom. The van der Waals surface area contributed by atoms with Crippen LogP contribution in [-0.4, -0.2) is 85.6 Å². The van der Waals surface area contributed by atoms with Gasteiger partial charge >= 0.3 is 0 Å². The highest BCUT2D eigenvalue weighted by Crippen LogP contribution is 2.25. The highest BCUT2D eigenvalue weighted by Gasteiger charge is 2.21. The maximum absolute atomic E-state index is 11.0. The summed E-state index contributed by atoms with van der Waals surface area (Å²) in [4.78, 5) is 29.0. The molecule has 0 atom stereocenters. The molecule has 0 amide bonds. The lowest BCUT2D eigenvalue weighted by Crippen LogP contribution is -2.47. The summed E-state index contributed by atoms with van der Waals surface area (Å²) in [6.07, 6.45) is 0. The fraction of sp³-hybridized carbons (Fsp3) is 0.345. The topological polar surface area (TPSA) is 157 Å². The van der Waals surface area contributed by atoms with E-state index in [0.717, 1.165) is 35.2 Å². The van der Waals surface area contributed by atoms with E-state index in [0.29, 0.717) is 70.5 Å². The first kappa shape index (κ1) is 28.9. The van der Waals surface area contributed by atoms with Gasteiger partial charge in [0, 0.05) is 62.8 Å². The minimum atomic E-state index is -0.387. The summed E-state index contributed by atoms with van der Waals surface area (Å²) < 4.78 is 11.0. The predicted molar refractivity (Wildman–Crippen MR) is 164 cm³/mol. The Balaban J connectivity index is 1.26. The van der Waals surface area contributed by atoms with Gasteiger partial charge in [-0.25, -0.2) is 0 Å². The molecular weight excluding hydrogens is 538 g/mol. The molecule has 5 rings (SSSR count). The van der Waals surface area contributed by atoms with Gasteiger partial charge in [0.1, 0.15) is 0 Å². The van der Waals surface area contributed by atoms with Crippen LogP contribution in [0.1, 0.15) is 0 Å². The number of nitrogens with two attached hydrogens (primary N) is 1. The van der Waals surface area contributed by atoms with E-state index < -0.39 is 0 Å². The Hall–Kier alpha value is -4.59. The number of rotatable bonds is 14. The van der Waals surface area contributed by atoms with Crippen molar-refractivity contribution < 1.29 is 14.4 Å². The summed E-state index contributed by atoms with van der Waals surface area (Å²) in [5.41, 5.74) is 7.34. The van der Waals surface area contributed by atoms with Gasteiger partial charge < -0.3 is 35.6 Å². The third kappa shape index (κ3) is 7.78. The molecule has 1 aliphatic rings. The molecule has 220 valence electrons. The molecule has 1 aliphatic heterocycles. The average molecular weight is 574 g/mol. The van der Waals surface area contributed by atoms with Gasteiger partial charge in [-0.05, 0) is 35.0 Å². The van der Waals surface area contributed by atoms with Gasteiger partial charge in [-0.2, -0.15) is 15.0 Å². The standard InChI is InChI=1S/C29H35N9O4/c30-11-17-41-19-20-42-18-12-31-27-33-28(32-24-6-5-22-3-1-2-4-23(22)21-24)35-29(34-27)37-15-13-36(14-16-37)25-7-9-26(10-8-25)38(39)40/h1-10,21H,11-20,30H2,(H2,31,32,33,34,35). The first-order valence-electron chi connectivity index (χ1n) is 13.9. The molecule has 13 heteroatoms. The molecule has 42 heavy (non-hydrogen) atoms. The third-order valence-electron chi connectivity index (χ3n) is 6.78. The summed E-state index contributed by atoms with van der Waals surface area (Å²) in [5, 5.41) is 19.9. The molecule has 1 fully saturated rings. The van der Waals surface area contributed by atoms with Crippen molar-refractivity contribution in [3.05, 3.63) is 76.8 Å². The Labute approximate surface area is 243 Å². The molecule has 0 spiro atoms. The maximum atomic E-state index is 11.0. The Morgan fingerprint density at radius 2 is 1.50 bits per heavy atom. The number of non-ortho nitro benzene ring substituents is 1. The fourth-order valence-electron chi connectivity index (χ4n) is 4.63. The molecule has 4 N–H and O–H groups in total. The number of hydrogen-bond acceptors (Lipinski definition) is 12. The van der Waals surface area contributed by atoms with Crippen molar-refractivity contribution in [3.8, 4) is 0 Å². The van der Waals surface area contributed by atoms with Crippen LogP contribution in [0.25, 0.3) is 10.8 Å². The van der Waals surface area contributed by atoms with Crippen molar-refractivity contribution >= 4 is 45.7 Å². The summed E-state index contributed by atoms with van der Waals surface area (Å²) in [7, 11) is 0. The number of nitro groups is 1. The first-order valence-corrected chi connectivity index (χ1v) is 13.9. The second-order valence-corrected chi connectivity index (χ2v) is 9.66. The highest BCUT2D eigenvalue weighted by atomic mass is 16.6. The van der Waals surface area contributed by atoms with Crippen molar-refractivity contribution in [2.75, 3.05) is 86.1 Å². The second kappa shape index (κ2) is 14.3. The van der Waals surface area contributed by atoms with Gasteiger partial charge in [0.2, 0.25) is 17.8 Å². The molecule has 3 aromatic carbocycles. The summed E-state index contributed by atoms with van der Waals surface area (Å²) in [6, 6.07) is 20.9. The first-order chi connectivity index (χ1) is 20.6. The number of hydrogen-bond donors (Lipinski definition) is 3. The van der Waals surface area contributed by atoms with Crippen LogP contribution >= 0.6 is 0 Å². The van der Waals surface area contributed by atoms with Crippen LogP contribution in [-0.2, 0) is 9.47 Å². The smallest absolute Gasteiger partial charge is 0.269 e. The zero-order chi connectivity index (χ0) is 29.1. The van der Waals surface area contributed by atoms with Crippen molar-refractivity contribution in [1.29, 1.82) is 0 Å². The summed E-state index contributed by atoms with van der Waals surface area (Å²) in [5.74, 6) is 1.45. The Kier molecular flexibility index (Phi) is 9.88. The monoisotopic (exact) mass is 573 g/mol. The van der Waals surface area contributed by atoms with E-state index in [4.69, 9.17) is 25.2 Å². The normalized spacial score (nSPS) is 13.4. The lowest BCUT2D eigenvalue weighted by molar-refractivity contribution is -0.384. The third-order valence-corrected chi connectivity index (χ3v) is 6.78. The number of fused-ring (bicyclic) bond motifs is 1. The SMILES string of the molecule is NCCOCCOCCNc1nc(Nc2ccc3ccccc3c2)nc(N2CCN(c3ccc([N+](=O)[O-])cc3)CC2)n1. The van der Waals surface area contributed by atoms with Crippen LogP contribution in [0.3, 0.4) is 0 Å². The molecule has 0 aliphatic carbocycles. The van der Waals surface area contributed by atoms with E-state index in [1.807, 2.05) is 18.2 Å². The van der Waals surface area contributed by atoms with E-state index in [1.165, 1.54) is 12.1 Å². The largest absolute Gasteiger partial charge is 0.378 e. The number of ether oxygens (including phenoxy) is 2. The second-order valence-electron chi connectivity index (χ2n) is 9.66. The van der Waals surface area contributed by atoms with Crippen LogP contribution in [0.5, 0.6) is 0 Å². The Morgan fingerprint density at radius 1 is 0.810 bits per heavy atom. The molecule has 0 bridgehead atoms. The summed E-state index contributed by atoms with van der Waals surface area (Å²) >= 11 is 0. The average Bonchev–Trinajstić information content (AvgIpc) is 3.02. The van der Waals surface area contributed by atoms with Crippen molar-refractivity contribution in [2.45, 2.75) is 0 Å². The quantitative estimate of drug-likeness (QED) is 0.115. The number of nitro benzene ring substituents is 1. The predicted octanol–water partition coefficient (Wildman–Crippen LogP) is 3.41. The molecule has 13 nitrogen and oxygen atoms in total. The van der Waals surface area contributed by atoms with Gasteiger partial charge in [-0.15, -0.1) is 0 Å². The van der Waals surface area contributed by atoms with E-state index >= 15 is 0 Å². The zero-order valence-corrected chi connectivity index (χ0v) is 23.3. The van der Waals surface area contributed by atoms with E-state index in [2.05, 4.69) is 49.7 Å². The molecule has 1 aromatic heterocycles. The maximum Gasteiger partial charge on any atom is 0.269 e. The lowest BCUT2D eigenvalue weighted by Gasteiger charge is -2.36. The minimum absolute atomic E-state index is 0.0828. The van der Waals surface area contributed by atoms with Gasteiger partial charge in [0.05, 0.1) is 31.4 Å². The number of nitrogens with one attached hydrogen (secondary N) is 2. The number of anilines is 5. The number of piperazine rings is 1. The van der Waals surface area contributed by atoms with Gasteiger partial charge in [-0.1, -0.05) is 30.3 Å². The number of nitrogens with zero attached hydrogens (tertiary/aromatic N) is 6. The van der Waals surface area contributed by atoms with Crippen molar-refractivity contribution in [1.82, 2.24) is 15.0 Å². The molecule has 0 radical (unpaired) electrons. The number of aromatic nitrogens is 3. The van der Waals surface area contributed by atoms with Crippen molar-refractivity contribution in [3.63, 3.8) is 0 Å². The van der Waals surface area contributed by atoms with Crippen LogP contribution < -0.4 is 26.2 Å². The zero-order valence-electron chi connectivity index (χ0n) is 23.3. The van der Waals surface area contributed by atoms with Crippen LogP contribution in [0.2, 0.25) is 0 Å². The van der Waals surface area contributed by atoms with E-state index in [1.54, 1.807) is 12.1 Å². The van der Waals surface area contributed by atoms with Crippen LogP contribution in [0.4, 0.5) is 34.9 Å². The fourth-order valence-corrected chi connectivity index (χ4v) is 4.63. The molecule has 0 saturated carbocycles. The van der Waals surface area contributed by atoms with E-state index in [9.17, 15) is 10.1 Å². The highest BCUT2D eigenvalue weighted by molar-refractivity contribution is 5.86. The minimum Gasteiger partial charge on any atom is -0.378 e. The van der Waals surface area contributed by atoms with Gasteiger partial charge in [0.25, 0.3) is 5.69 Å². The van der Waals surface area contributed by atoms with Gasteiger partial charge in [-0.3, -0.25) is 10.1 Å². The van der Waals surface area contributed by atoms with E-state index in [-0.39, 0.29) is 10.6 Å². The molecular formula is C29H35N9O4. The lowest BCUT2D eigenvalue weighted by atomic mass is 10.1. The van der Waals surface area contributed by atoms with Crippen molar-refractivity contribution in [2.24, 2.45) is 5.73 Å².